The largest absolute Gasteiger partial charge is 0.502 e. The summed E-state index contributed by atoms with van der Waals surface area (Å²) in [6.07, 6.45) is -10.8. The topological polar surface area (TPSA) is 275 Å². The Morgan fingerprint density at radius 2 is 1.56 bits per heavy atom. The number of benzene rings is 1. The van der Waals surface area contributed by atoms with E-state index in [9.17, 15) is 55.9 Å². The number of aliphatic hydroxyl groups is 9. The second-order valence-corrected chi connectivity index (χ2v) is 14.2. The Kier molecular flexibility index (Phi) is 12.1. The van der Waals surface area contributed by atoms with Crippen molar-refractivity contribution in [3.05, 3.63) is 29.8 Å². The first kappa shape index (κ1) is 40.1. The van der Waals surface area contributed by atoms with Crippen LogP contribution >= 0.6 is 0 Å². The van der Waals surface area contributed by atoms with E-state index in [1.54, 1.807) is 13.8 Å². The Labute approximate surface area is 288 Å². The zero-order valence-electron chi connectivity index (χ0n) is 28.6. The van der Waals surface area contributed by atoms with Crippen LogP contribution in [0.1, 0.15) is 50.4 Å². The van der Waals surface area contributed by atoms with E-state index in [2.05, 4.69) is 0 Å². The lowest BCUT2D eigenvalue weighted by Gasteiger charge is -2.55. The summed E-state index contributed by atoms with van der Waals surface area (Å²) in [4.78, 5) is 12.7. The molecule has 3 aliphatic rings. The monoisotopic (exact) mass is 718 g/mol. The number of aromatic hydroxyl groups is 1. The molecule has 0 aromatic heterocycles. The summed E-state index contributed by atoms with van der Waals surface area (Å²) in [5.74, 6) is -1.41. The van der Waals surface area contributed by atoms with Crippen molar-refractivity contribution in [1.82, 2.24) is 0 Å². The van der Waals surface area contributed by atoms with Crippen molar-refractivity contribution in [2.45, 2.75) is 112 Å². The third kappa shape index (κ3) is 7.89. The minimum atomic E-state index is -2.12. The minimum Gasteiger partial charge on any atom is -0.502 e. The van der Waals surface area contributed by atoms with Gasteiger partial charge in [0.05, 0.1) is 56.9 Å². The normalized spacial score (nSPS) is 39.3. The zero-order valence-corrected chi connectivity index (χ0v) is 28.6. The third-order valence-corrected chi connectivity index (χ3v) is 9.98. The van der Waals surface area contributed by atoms with Gasteiger partial charge in [-0.3, -0.25) is 0 Å². The Morgan fingerprint density at radius 3 is 2.14 bits per heavy atom. The van der Waals surface area contributed by atoms with Gasteiger partial charge in [0.15, 0.2) is 23.4 Å². The Morgan fingerprint density at radius 1 is 0.960 bits per heavy atom. The number of hydrogen-bond donors (Lipinski definition) is 10. The van der Waals surface area contributed by atoms with Crippen molar-refractivity contribution < 1.29 is 84.3 Å². The molecule has 50 heavy (non-hydrogen) atoms. The molecule has 4 rings (SSSR count). The van der Waals surface area contributed by atoms with Crippen molar-refractivity contribution in [1.29, 1.82) is 0 Å². The molecule has 2 saturated heterocycles. The highest BCUT2D eigenvalue weighted by Gasteiger charge is 2.58. The van der Waals surface area contributed by atoms with Crippen LogP contribution in [0.5, 0.6) is 17.2 Å². The molecule has 17 heteroatoms. The molecule has 2 heterocycles. The van der Waals surface area contributed by atoms with Gasteiger partial charge >= 0.3 is 5.97 Å². The van der Waals surface area contributed by atoms with E-state index in [0.29, 0.717) is 0 Å². The molecule has 1 aliphatic carbocycles. The molecule has 10 N–H and O–H groups in total. The summed E-state index contributed by atoms with van der Waals surface area (Å²) in [5, 5.41) is 107. The summed E-state index contributed by atoms with van der Waals surface area (Å²) in [6.45, 7) is 2.94. The number of esters is 1. The molecule has 0 amide bonds. The second-order valence-electron chi connectivity index (χ2n) is 14.2. The van der Waals surface area contributed by atoms with Crippen LogP contribution < -0.4 is 9.47 Å². The van der Waals surface area contributed by atoms with Gasteiger partial charge in [0.1, 0.15) is 42.7 Å². The fourth-order valence-electron chi connectivity index (χ4n) is 6.89. The second kappa shape index (κ2) is 15.1. The molecule has 12 atom stereocenters. The van der Waals surface area contributed by atoms with E-state index in [-0.39, 0.29) is 42.1 Å². The molecule has 3 fully saturated rings. The fraction of sp³-hybridized carbons (Fsp3) is 0.727. The predicted molar refractivity (Wildman–Crippen MR) is 169 cm³/mol. The van der Waals surface area contributed by atoms with Crippen molar-refractivity contribution in [2.75, 3.05) is 34.0 Å². The van der Waals surface area contributed by atoms with Gasteiger partial charge in [-0.1, -0.05) is 26.0 Å². The highest BCUT2D eigenvalue weighted by molar-refractivity contribution is 5.91. The van der Waals surface area contributed by atoms with E-state index in [0.717, 1.165) is 0 Å². The maximum absolute atomic E-state index is 12.7. The van der Waals surface area contributed by atoms with Crippen LogP contribution in [0, 0.1) is 5.41 Å². The molecule has 0 spiro atoms. The number of carbonyl (C=O) groups is 1. The minimum absolute atomic E-state index is 0.0662. The molecule has 1 saturated carbocycles. The predicted octanol–water partition coefficient (Wildman–Crippen LogP) is -2.15. The number of rotatable bonds is 12. The van der Waals surface area contributed by atoms with Crippen LogP contribution in [0.3, 0.4) is 0 Å². The molecule has 0 radical (unpaired) electrons. The van der Waals surface area contributed by atoms with E-state index in [1.165, 1.54) is 45.4 Å². The first-order chi connectivity index (χ1) is 23.2. The van der Waals surface area contributed by atoms with Crippen LogP contribution in [0.15, 0.2) is 24.3 Å². The number of methoxy groups -OCH3 is 2. The van der Waals surface area contributed by atoms with E-state index < -0.39 is 103 Å². The highest BCUT2D eigenvalue weighted by Crippen LogP contribution is 2.50. The number of ether oxygens (including phenoxy) is 6. The van der Waals surface area contributed by atoms with Gasteiger partial charge in [0, 0.05) is 18.3 Å². The summed E-state index contributed by atoms with van der Waals surface area (Å²) >= 11 is 0. The Bertz CT molecular complexity index is 1320. The number of aliphatic hydroxyl groups excluding tert-OH is 6. The summed E-state index contributed by atoms with van der Waals surface area (Å²) in [5.41, 5.74) is -6.76. The summed E-state index contributed by atoms with van der Waals surface area (Å²) in [6, 6.07) is 2.39. The Hall–Kier alpha value is -2.65. The van der Waals surface area contributed by atoms with Gasteiger partial charge in [0.2, 0.25) is 5.75 Å². The molecule has 0 unspecified atom stereocenters. The van der Waals surface area contributed by atoms with Crippen molar-refractivity contribution in [3.8, 4) is 17.2 Å². The number of carbonyl (C=O) groups excluding carboxylic acids is 1. The molecule has 1 aromatic carbocycles. The molecule has 2 aliphatic heterocycles. The fourth-order valence-corrected chi connectivity index (χ4v) is 6.89. The average Bonchev–Trinajstić information content (AvgIpc) is 3.33. The van der Waals surface area contributed by atoms with Crippen molar-refractivity contribution in [2.24, 2.45) is 5.41 Å². The van der Waals surface area contributed by atoms with E-state index in [1.807, 2.05) is 0 Å². The van der Waals surface area contributed by atoms with E-state index >= 15 is 0 Å². The molecule has 0 bridgehead atoms. The van der Waals surface area contributed by atoms with Gasteiger partial charge in [-0.15, -0.1) is 0 Å². The van der Waals surface area contributed by atoms with Gasteiger partial charge in [-0.25, -0.2) is 4.79 Å². The first-order valence-corrected chi connectivity index (χ1v) is 16.2. The van der Waals surface area contributed by atoms with Crippen LogP contribution in [-0.2, 0) is 18.9 Å². The number of phenols is 1. The van der Waals surface area contributed by atoms with Crippen molar-refractivity contribution in [3.63, 3.8) is 0 Å². The Balaban J connectivity index is 1.34. The highest BCUT2D eigenvalue weighted by atomic mass is 16.7. The van der Waals surface area contributed by atoms with Crippen LogP contribution in [-0.4, -0.2) is 163 Å². The smallest absolute Gasteiger partial charge is 0.338 e. The van der Waals surface area contributed by atoms with Crippen LogP contribution in [0.4, 0.5) is 0 Å². The van der Waals surface area contributed by atoms with Gasteiger partial charge in [0.25, 0.3) is 0 Å². The zero-order chi connectivity index (χ0) is 37.4. The van der Waals surface area contributed by atoms with Gasteiger partial charge in [-0.2, -0.15) is 0 Å². The maximum atomic E-state index is 12.7. The standard InChI is InChI=1S/C33H50O17/c1-30(2)11-18(35)12-31(3,42)33(30,44)7-6-17(34)10-21-24(37)26(39)25(38)22(50-21)13-47-29-27(40)32(43,15-49-29)14-48-28(41)16-8-19(45-4)23(36)20(9-16)46-5/h6-9,17-18,21-22,24-27,29,34-40,42-44H,10-15H2,1-5H3/b7-6+/t17-,18+,21-,22+,24-,25+,26+,27-,29+,31-,32+,33-/m0/s1. The average molecular weight is 719 g/mol. The lowest BCUT2D eigenvalue weighted by molar-refractivity contribution is -0.253. The van der Waals surface area contributed by atoms with E-state index in [4.69, 9.17) is 28.4 Å². The third-order valence-electron chi connectivity index (χ3n) is 9.98. The molecule has 1 aromatic rings. The van der Waals surface area contributed by atoms with Gasteiger partial charge in [-0.05, 0) is 25.5 Å². The molecule has 284 valence electrons. The van der Waals surface area contributed by atoms with Gasteiger partial charge < -0.3 is 79.5 Å². The maximum Gasteiger partial charge on any atom is 0.338 e. The molecule has 17 nitrogen and oxygen atoms in total. The quantitative estimate of drug-likeness (QED) is 0.0815. The number of hydrogen-bond acceptors (Lipinski definition) is 17. The summed E-state index contributed by atoms with van der Waals surface area (Å²) in [7, 11) is 2.54. The van der Waals surface area contributed by atoms with Crippen LogP contribution in [0.25, 0.3) is 0 Å². The molecular formula is C33H50O17. The lowest BCUT2D eigenvalue weighted by Crippen LogP contribution is -2.65. The number of phenolic OH excluding ortho intramolecular Hbond substituents is 1. The summed E-state index contributed by atoms with van der Waals surface area (Å²) < 4.78 is 31.9. The van der Waals surface area contributed by atoms with Crippen molar-refractivity contribution >= 4 is 5.97 Å². The SMILES string of the molecule is COc1cc(C(=O)OC[C@@]2(O)CO[C@@H](OC[C@H]3O[C@@H](C[C@@H](O)/C=C/[C@]4(O)C(C)(C)C[C@@H](O)C[C@]4(C)O)[C@H](O)[C@@H](O)[C@@H]3O)[C@@H]2O)cc(OC)c1O. The lowest BCUT2D eigenvalue weighted by atomic mass is 9.57. The molecular weight excluding hydrogens is 668 g/mol. The first-order valence-electron chi connectivity index (χ1n) is 16.2. The van der Waals surface area contributed by atoms with Crippen LogP contribution in [0.2, 0.25) is 0 Å².